The van der Waals surface area contributed by atoms with Crippen molar-refractivity contribution < 1.29 is 4.74 Å². The van der Waals surface area contributed by atoms with Crippen LogP contribution in [0.4, 0.5) is 0 Å². The molecule has 2 aromatic heterocycles. The van der Waals surface area contributed by atoms with Gasteiger partial charge in [-0.3, -0.25) is 4.98 Å². The summed E-state index contributed by atoms with van der Waals surface area (Å²) in [6, 6.07) is 18.0. The molecule has 7 heteroatoms. The topological polar surface area (TPSA) is 42.3 Å². The summed E-state index contributed by atoms with van der Waals surface area (Å²) in [4.78, 5) is 6.84. The Morgan fingerprint density at radius 1 is 1.17 bits per heavy atom. The number of hydrogen-bond acceptors (Lipinski definition) is 3. The first-order chi connectivity index (χ1) is 14.2. The minimum atomic E-state index is -0.0425. The van der Waals surface area contributed by atoms with Gasteiger partial charge in [0.25, 0.3) is 0 Å². The summed E-state index contributed by atoms with van der Waals surface area (Å²) in [5.74, 6) is 0. The molecule has 1 aliphatic heterocycles. The first-order valence-electron chi connectivity index (χ1n) is 9.59. The summed E-state index contributed by atoms with van der Waals surface area (Å²) in [5.41, 5.74) is 3.12. The van der Waals surface area contributed by atoms with Gasteiger partial charge in [0, 0.05) is 49.1 Å². The Bertz CT molecular complexity index is 978. The van der Waals surface area contributed by atoms with Crippen LogP contribution in [-0.4, -0.2) is 39.8 Å². The fourth-order valence-electron chi connectivity index (χ4n) is 3.84. The van der Waals surface area contributed by atoms with Crippen LogP contribution >= 0.6 is 23.8 Å². The van der Waals surface area contributed by atoms with Gasteiger partial charge < -0.3 is 19.5 Å². The fourth-order valence-corrected chi connectivity index (χ4v) is 4.36. The van der Waals surface area contributed by atoms with E-state index in [0.29, 0.717) is 11.6 Å². The molecule has 0 bridgehead atoms. The Morgan fingerprint density at radius 2 is 2.07 bits per heavy atom. The van der Waals surface area contributed by atoms with E-state index in [-0.39, 0.29) is 12.1 Å². The van der Waals surface area contributed by atoms with Crippen molar-refractivity contribution in [3.63, 3.8) is 0 Å². The van der Waals surface area contributed by atoms with Crippen LogP contribution in [0.5, 0.6) is 0 Å². The lowest BCUT2D eigenvalue weighted by Crippen LogP contribution is -2.32. The van der Waals surface area contributed by atoms with E-state index in [1.165, 1.54) is 0 Å². The summed E-state index contributed by atoms with van der Waals surface area (Å²) in [6.07, 6.45) is 4.77. The van der Waals surface area contributed by atoms with Crippen molar-refractivity contribution in [3.05, 3.63) is 83.4 Å². The van der Waals surface area contributed by atoms with E-state index in [2.05, 4.69) is 44.2 Å². The molecule has 2 atom stereocenters. The zero-order valence-electron chi connectivity index (χ0n) is 16.2. The lowest BCUT2D eigenvalue weighted by Gasteiger charge is -2.29. The van der Waals surface area contributed by atoms with Crippen molar-refractivity contribution in [2.45, 2.75) is 18.5 Å². The van der Waals surface area contributed by atoms with Crippen molar-refractivity contribution in [2.24, 2.45) is 0 Å². The molecule has 0 spiro atoms. The summed E-state index contributed by atoms with van der Waals surface area (Å²) in [7, 11) is 1.72. The van der Waals surface area contributed by atoms with E-state index < -0.39 is 0 Å². The molecule has 5 nitrogen and oxygen atoms in total. The number of aromatic nitrogens is 2. The molecule has 1 fully saturated rings. The van der Waals surface area contributed by atoms with E-state index in [9.17, 15) is 0 Å². The van der Waals surface area contributed by atoms with E-state index in [0.717, 1.165) is 35.2 Å². The van der Waals surface area contributed by atoms with Gasteiger partial charge in [-0.15, -0.1) is 0 Å². The van der Waals surface area contributed by atoms with Gasteiger partial charge in [0.05, 0.1) is 17.8 Å². The molecular formula is C22H23ClN4OS. The summed E-state index contributed by atoms with van der Waals surface area (Å²) < 4.78 is 7.43. The first-order valence-corrected chi connectivity index (χ1v) is 10.4. The zero-order valence-corrected chi connectivity index (χ0v) is 17.7. The van der Waals surface area contributed by atoms with Crippen LogP contribution in [0.2, 0.25) is 5.02 Å². The van der Waals surface area contributed by atoms with E-state index in [1.807, 2.05) is 42.6 Å². The first kappa shape index (κ1) is 19.9. The fraction of sp³-hybridized carbons (Fsp3) is 0.273. The molecule has 1 aromatic carbocycles. The van der Waals surface area contributed by atoms with Crippen LogP contribution in [0.25, 0.3) is 5.69 Å². The molecule has 1 N–H and O–H groups in total. The van der Waals surface area contributed by atoms with Crippen LogP contribution in [0.1, 0.15) is 29.9 Å². The maximum absolute atomic E-state index is 6.25. The van der Waals surface area contributed by atoms with Gasteiger partial charge in [-0.05, 0) is 61.1 Å². The molecule has 0 aliphatic carbocycles. The van der Waals surface area contributed by atoms with Crippen LogP contribution in [0, 0.1) is 0 Å². The zero-order chi connectivity index (χ0) is 20.2. The van der Waals surface area contributed by atoms with Crippen molar-refractivity contribution in [3.8, 4) is 5.69 Å². The average Bonchev–Trinajstić information content (AvgIpc) is 3.33. The Kier molecular flexibility index (Phi) is 6.13. The third-order valence-electron chi connectivity index (χ3n) is 5.11. The molecular weight excluding hydrogens is 404 g/mol. The van der Waals surface area contributed by atoms with Crippen molar-refractivity contribution in [1.29, 1.82) is 0 Å². The molecule has 3 heterocycles. The standard InChI is InChI=1S/C22H23ClN4OS/c1-28-14-6-13-27-21(20(25-22(27)29)18-9-2-3-11-24-18)19-10-5-12-26(19)17-8-4-7-16(23)15-17/h2-5,7-12,15,20-21H,6,13-14H2,1H3,(H,25,29)/t20-,21-/m0/s1. The SMILES string of the molecule is COCCCN1C(=S)N[C@@H](c2ccccn2)[C@@H]1c1cccn1-c1cccc(Cl)c1. The van der Waals surface area contributed by atoms with Crippen molar-refractivity contribution >= 4 is 28.9 Å². The lowest BCUT2D eigenvalue weighted by molar-refractivity contribution is 0.180. The number of ether oxygens (including phenoxy) is 1. The predicted octanol–water partition coefficient (Wildman–Crippen LogP) is 4.53. The van der Waals surface area contributed by atoms with Gasteiger partial charge in [-0.1, -0.05) is 23.7 Å². The largest absolute Gasteiger partial charge is 0.385 e. The highest BCUT2D eigenvalue weighted by Crippen LogP contribution is 2.39. The van der Waals surface area contributed by atoms with Crippen LogP contribution < -0.4 is 5.32 Å². The molecule has 29 heavy (non-hydrogen) atoms. The summed E-state index contributed by atoms with van der Waals surface area (Å²) >= 11 is 12.0. The molecule has 0 amide bonds. The van der Waals surface area contributed by atoms with Gasteiger partial charge in [0.1, 0.15) is 0 Å². The number of halogens is 1. The molecule has 0 unspecified atom stereocenters. The number of nitrogens with zero attached hydrogens (tertiary/aromatic N) is 3. The highest BCUT2D eigenvalue weighted by atomic mass is 35.5. The van der Waals surface area contributed by atoms with Crippen LogP contribution in [0.15, 0.2) is 67.0 Å². The smallest absolute Gasteiger partial charge is 0.170 e. The maximum Gasteiger partial charge on any atom is 0.170 e. The summed E-state index contributed by atoms with van der Waals surface area (Å²) in [6.45, 7) is 1.49. The number of pyridine rings is 1. The molecule has 0 radical (unpaired) electrons. The number of hydrogen-bond donors (Lipinski definition) is 1. The third kappa shape index (κ3) is 4.15. The maximum atomic E-state index is 6.25. The number of methoxy groups -OCH3 is 1. The van der Waals surface area contributed by atoms with Crippen LogP contribution in [-0.2, 0) is 4.74 Å². The van der Waals surface area contributed by atoms with Gasteiger partial charge >= 0.3 is 0 Å². The average molecular weight is 427 g/mol. The number of nitrogens with one attached hydrogen (secondary N) is 1. The Balaban J connectivity index is 1.76. The Hall–Kier alpha value is -2.41. The second kappa shape index (κ2) is 8.95. The van der Waals surface area contributed by atoms with Crippen LogP contribution in [0.3, 0.4) is 0 Å². The lowest BCUT2D eigenvalue weighted by atomic mass is 10.0. The molecule has 150 valence electrons. The quantitative estimate of drug-likeness (QED) is 0.444. The molecule has 1 saturated heterocycles. The highest BCUT2D eigenvalue weighted by molar-refractivity contribution is 7.80. The monoisotopic (exact) mass is 426 g/mol. The van der Waals surface area contributed by atoms with E-state index >= 15 is 0 Å². The van der Waals surface area contributed by atoms with Gasteiger partial charge in [0.15, 0.2) is 5.11 Å². The summed E-state index contributed by atoms with van der Waals surface area (Å²) in [5, 5.41) is 4.94. The Morgan fingerprint density at radius 3 is 2.83 bits per heavy atom. The van der Waals surface area contributed by atoms with E-state index in [4.69, 9.17) is 28.6 Å². The van der Waals surface area contributed by atoms with Gasteiger partial charge in [-0.2, -0.15) is 0 Å². The Labute approximate surface area is 181 Å². The normalized spacial score (nSPS) is 18.8. The molecule has 4 rings (SSSR count). The number of thiocarbonyl (C=S) groups is 1. The molecule has 3 aromatic rings. The second-order valence-electron chi connectivity index (χ2n) is 6.95. The predicted molar refractivity (Wildman–Crippen MR) is 119 cm³/mol. The van der Waals surface area contributed by atoms with Gasteiger partial charge in [0.2, 0.25) is 0 Å². The van der Waals surface area contributed by atoms with E-state index in [1.54, 1.807) is 7.11 Å². The van der Waals surface area contributed by atoms with Crippen molar-refractivity contribution in [1.82, 2.24) is 19.8 Å². The number of benzene rings is 1. The van der Waals surface area contributed by atoms with Crippen molar-refractivity contribution in [2.75, 3.05) is 20.3 Å². The highest BCUT2D eigenvalue weighted by Gasteiger charge is 2.40. The second-order valence-corrected chi connectivity index (χ2v) is 7.77. The number of rotatable bonds is 7. The molecule has 0 saturated carbocycles. The minimum absolute atomic E-state index is 0.00300. The third-order valence-corrected chi connectivity index (χ3v) is 5.70. The molecule has 1 aliphatic rings. The minimum Gasteiger partial charge on any atom is -0.385 e. The van der Waals surface area contributed by atoms with Gasteiger partial charge in [-0.25, -0.2) is 0 Å².